The van der Waals surface area contributed by atoms with Crippen LogP contribution in [0.15, 0.2) is 30.3 Å². The highest BCUT2D eigenvalue weighted by Gasteiger charge is 2.32. The van der Waals surface area contributed by atoms with E-state index in [-0.39, 0.29) is 30.5 Å². The summed E-state index contributed by atoms with van der Waals surface area (Å²) in [6, 6.07) is 9.05. The minimum atomic E-state index is -3.45. The van der Waals surface area contributed by atoms with Crippen LogP contribution in [-0.4, -0.2) is 49.3 Å². The first-order chi connectivity index (χ1) is 12.9. The predicted molar refractivity (Wildman–Crippen MR) is 102 cm³/mol. The number of rotatable bonds is 10. The molecule has 0 bridgehead atoms. The van der Waals surface area contributed by atoms with E-state index in [0.29, 0.717) is 32.4 Å². The quantitative estimate of drug-likeness (QED) is 0.589. The minimum Gasteiger partial charge on any atom is -0.481 e. The average Bonchev–Trinajstić information content (AvgIpc) is 2.64. The van der Waals surface area contributed by atoms with Gasteiger partial charge in [0.2, 0.25) is 15.9 Å². The molecule has 1 aliphatic heterocycles. The van der Waals surface area contributed by atoms with Crippen LogP contribution < -0.4 is 5.32 Å². The fraction of sp³-hybridized carbons (Fsp3) is 0.579. The van der Waals surface area contributed by atoms with Gasteiger partial charge in [-0.3, -0.25) is 9.59 Å². The summed E-state index contributed by atoms with van der Waals surface area (Å²) in [5.41, 5.74) is 0.741. The Balaban J connectivity index is 1.78. The Labute approximate surface area is 160 Å². The number of piperidine rings is 1. The van der Waals surface area contributed by atoms with E-state index in [1.807, 2.05) is 18.2 Å². The standard InChI is InChI=1S/C19H28N2O5S/c22-18(23)11-5-2-6-12-20-19(24)17-10-7-13-21(14-17)27(25,26)15-16-8-3-1-4-9-16/h1,3-4,8-9,17H,2,5-7,10-15H2,(H,20,24)(H,22,23). The topological polar surface area (TPSA) is 104 Å². The number of carboxylic acids is 1. The summed E-state index contributed by atoms with van der Waals surface area (Å²) in [6.07, 6.45) is 3.56. The molecule has 2 N–H and O–H groups in total. The van der Waals surface area contributed by atoms with Gasteiger partial charge in [-0.2, -0.15) is 0 Å². The first-order valence-corrected chi connectivity index (χ1v) is 11.0. The van der Waals surface area contributed by atoms with Crippen molar-refractivity contribution in [3.8, 4) is 0 Å². The van der Waals surface area contributed by atoms with Crippen LogP contribution in [-0.2, 0) is 25.4 Å². The number of unbranched alkanes of at least 4 members (excludes halogenated alkanes) is 2. The largest absolute Gasteiger partial charge is 0.481 e. The van der Waals surface area contributed by atoms with Gasteiger partial charge in [-0.05, 0) is 31.2 Å². The maximum Gasteiger partial charge on any atom is 0.303 e. The van der Waals surface area contributed by atoms with Crippen LogP contribution in [0.5, 0.6) is 0 Å². The van der Waals surface area contributed by atoms with Crippen molar-refractivity contribution in [1.82, 2.24) is 9.62 Å². The lowest BCUT2D eigenvalue weighted by atomic mass is 9.99. The molecular weight excluding hydrogens is 368 g/mol. The first-order valence-electron chi connectivity index (χ1n) is 9.40. The molecule has 1 amide bonds. The second-order valence-corrected chi connectivity index (χ2v) is 8.90. The number of carbonyl (C=O) groups excluding carboxylic acids is 1. The highest BCUT2D eigenvalue weighted by molar-refractivity contribution is 7.88. The highest BCUT2D eigenvalue weighted by Crippen LogP contribution is 2.21. The van der Waals surface area contributed by atoms with Gasteiger partial charge in [0, 0.05) is 26.1 Å². The number of nitrogens with zero attached hydrogens (tertiary/aromatic N) is 1. The van der Waals surface area contributed by atoms with Crippen LogP contribution in [0, 0.1) is 5.92 Å². The molecule has 1 aromatic carbocycles. The molecule has 2 rings (SSSR count). The van der Waals surface area contributed by atoms with Crippen LogP contribution in [0.4, 0.5) is 0 Å². The lowest BCUT2D eigenvalue weighted by Gasteiger charge is -2.31. The zero-order valence-corrected chi connectivity index (χ0v) is 16.3. The van der Waals surface area contributed by atoms with Crippen molar-refractivity contribution in [2.24, 2.45) is 5.92 Å². The normalized spacial score (nSPS) is 18.1. The number of nitrogens with one attached hydrogen (secondary N) is 1. The Morgan fingerprint density at radius 2 is 1.89 bits per heavy atom. The highest BCUT2D eigenvalue weighted by atomic mass is 32.2. The molecule has 1 aliphatic rings. The van der Waals surface area contributed by atoms with Gasteiger partial charge in [0.25, 0.3) is 0 Å². The SMILES string of the molecule is O=C(O)CCCCCNC(=O)C1CCCN(S(=O)(=O)Cc2ccccc2)C1. The molecule has 8 heteroatoms. The molecule has 0 aromatic heterocycles. The molecule has 0 saturated carbocycles. The summed E-state index contributed by atoms with van der Waals surface area (Å²) >= 11 is 0. The second-order valence-electron chi connectivity index (χ2n) is 6.93. The number of carbonyl (C=O) groups is 2. The molecule has 150 valence electrons. The number of benzene rings is 1. The van der Waals surface area contributed by atoms with Crippen LogP contribution >= 0.6 is 0 Å². The third kappa shape index (κ3) is 7.30. The van der Waals surface area contributed by atoms with Gasteiger partial charge in [-0.1, -0.05) is 36.8 Å². The molecule has 1 fully saturated rings. The Bertz CT molecular complexity index is 721. The summed E-state index contributed by atoms with van der Waals surface area (Å²) in [6.45, 7) is 1.17. The summed E-state index contributed by atoms with van der Waals surface area (Å²) in [4.78, 5) is 22.8. The number of aliphatic carboxylic acids is 1. The van der Waals surface area contributed by atoms with Gasteiger partial charge in [-0.15, -0.1) is 0 Å². The predicted octanol–water partition coefficient (Wildman–Crippen LogP) is 1.99. The van der Waals surface area contributed by atoms with Gasteiger partial charge in [0.15, 0.2) is 0 Å². The number of carboxylic acid groups (broad SMARTS) is 1. The lowest BCUT2D eigenvalue weighted by molar-refractivity contribution is -0.137. The minimum absolute atomic E-state index is 0.0498. The number of hydrogen-bond acceptors (Lipinski definition) is 4. The van der Waals surface area contributed by atoms with E-state index in [1.54, 1.807) is 12.1 Å². The van der Waals surface area contributed by atoms with Crippen molar-refractivity contribution in [3.05, 3.63) is 35.9 Å². The lowest BCUT2D eigenvalue weighted by Crippen LogP contribution is -2.45. The van der Waals surface area contributed by atoms with Gasteiger partial charge >= 0.3 is 5.97 Å². The van der Waals surface area contributed by atoms with Crippen LogP contribution in [0.25, 0.3) is 0 Å². The fourth-order valence-corrected chi connectivity index (χ4v) is 4.83. The van der Waals surface area contributed by atoms with Crippen LogP contribution in [0.1, 0.15) is 44.1 Å². The van der Waals surface area contributed by atoms with Crippen LogP contribution in [0.2, 0.25) is 0 Å². The zero-order valence-electron chi connectivity index (χ0n) is 15.5. The van der Waals surface area contributed by atoms with Gasteiger partial charge in [0.1, 0.15) is 0 Å². The van der Waals surface area contributed by atoms with Gasteiger partial charge < -0.3 is 10.4 Å². The Morgan fingerprint density at radius 1 is 1.15 bits per heavy atom. The van der Waals surface area contributed by atoms with E-state index in [9.17, 15) is 18.0 Å². The summed E-state index contributed by atoms with van der Waals surface area (Å²) in [5, 5.41) is 11.4. The fourth-order valence-electron chi connectivity index (χ4n) is 3.22. The molecule has 1 unspecified atom stereocenters. The van der Waals surface area contributed by atoms with Crippen LogP contribution in [0.3, 0.4) is 0 Å². The van der Waals surface area contributed by atoms with Crippen molar-refractivity contribution in [2.45, 2.75) is 44.3 Å². The maximum atomic E-state index is 12.7. The molecule has 0 spiro atoms. The van der Waals surface area contributed by atoms with Crippen molar-refractivity contribution in [1.29, 1.82) is 0 Å². The molecule has 0 aliphatic carbocycles. The van der Waals surface area contributed by atoms with Crippen molar-refractivity contribution in [2.75, 3.05) is 19.6 Å². The number of sulfonamides is 1. The second kappa shape index (κ2) is 10.4. The van der Waals surface area contributed by atoms with E-state index < -0.39 is 16.0 Å². The van der Waals surface area contributed by atoms with E-state index in [1.165, 1.54) is 4.31 Å². The molecule has 1 heterocycles. The number of hydrogen-bond donors (Lipinski definition) is 2. The van der Waals surface area contributed by atoms with E-state index in [0.717, 1.165) is 18.4 Å². The molecule has 0 radical (unpaired) electrons. The van der Waals surface area contributed by atoms with E-state index >= 15 is 0 Å². The van der Waals surface area contributed by atoms with Crippen molar-refractivity contribution < 1.29 is 23.1 Å². The summed E-state index contributed by atoms with van der Waals surface area (Å²) < 4.78 is 26.7. The number of amides is 1. The third-order valence-electron chi connectivity index (χ3n) is 4.71. The summed E-state index contributed by atoms with van der Waals surface area (Å²) in [5.74, 6) is -1.31. The van der Waals surface area contributed by atoms with E-state index in [2.05, 4.69) is 5.32 Å². The van der Waals surface area contributed by atoms with Gasteiger partial charge in [-0.25, -0.2) is 12.7 Å². The molecular formula is C19H28N2O5S. The Kier molecular flexibility index (Phi) is 8.24. The maximum absolute atomic E-state index is 12.7. The van der Waals surface area contributed by atoms with Gasteiger partial charge in [0.05, 0.1) is 11.7 Å². The summed E-state index contributed by atoms with van der Waals surface area (Å²) in [7, 11) is -3.45. The molecule has 7 nitrogen and oxygen atoms in total. The van der Waals surface area contributed by atoms with Crippen molar-refractivity contribution >= 4 is 21.9 Å². The smallest absolute Gasteiger partial charge is 0.303 e. The monoisotopic (exact) mass is 396 g/mol. The van der Waals surface area contributed by atoms with E-state index in [4.69, 9.17) is 5.11 Å². The molecule has 27 heavy (non-hydrogen) atoms. The Morgan fingerprint density at radius 3 is 2.59 bits per heavy atom. The first kappa shape index (κ1) is 21.4. The van der Waals surface area contributed by atoms with Crippen molar-refractivity contribution in [3.63, 3.8) is 0 Å². The molecule has 1 aromatic rings. The average molecular weight is 397 g/mol. The molecule has 1 saturated heterocycles. The Hall–Kier alpha value is -1.93. The zero-order chi connectivity index (χ0) is 19.7. The molecule has 1 atom stereocenters. The third-order valence-corrected chi connectivity index (χ3v) is 6.52.